The van der Waals surface area contributed by atoms with E-state index in [2.05, 4.69) is 81.8 Å². The molecule has 3 heterocycles. The molecule has 0 saturated heterocycles. The Balaban J connectivity index is 1.69. The molecular weight excluding hydrogens is 350 g/mol. The number of fused-ring (bicyclic) bond motifs is 3. The van der Waals surface area contributed by atoms with Crippen molar-refractivity contribution < 1.29 is 0 Å². The molecule has 0 spiro atoms. The van der Waals surface area contributed by atoms with E-state index in [1.54, 1.807) is 0 Å². The Hall–Kier alpha value is -2.01. The minimum absolute atomic E-state index is 1.22. The highest BCUT2D eigenvalue weighted by Crippen LogP contribution is 2.57. The Morgan fingerprint density at radius 1 is 0.708 bits per heavy atom. The molecule has 0 fully saturated rings. The van der Waals surface area contributed by atoms with E-state index in [9.17, 15) is 0 Å². The summed E-state index contributed by atoms with van der Waals surface area (Å²) in [6.45, 7) is 0. The average molecular weight is 364 g/mol. The van der Waals surface area contributed by atoms with Gasteiger partial charge in [0.25, 0.3) is 0 Å². The summed E-state index contributed by atoms with van der Waals surface area (Å²) in [5.41, 5.74) is 5.19. The van der Waals surface area contributed by atoms with E-state index in [4.69, 9.17) is 0 Å². The predicted molar refractivity (Wildman–Crippen MR) is 108 cm³/mol. The Morgan fingerprint density at radius 2 is 1.46 bits per heavy atom. The molecule has 0 bridgehead atoms. The highest BCUT2D eigenvalue weighted by Gasteiger charge is 2.29. The van der Waals surface area contributed by atoms with Crippen LogP contribution >= 0.6 is 34.6 Å². The molecule has 5 rings (SSSR count). The zero-order valence-electron chi connectivity index (χ0n) is 12.7. The summed E-state index contributed by atoms with van der Waals surface area (Å²) in [5.74, 6) is 0. The summed E-state index contributed by atoms with van der Waals surface area (Å²) in [6.07, 6.45) is 0. The van der Waals surface area contributed by atoms with E-state index in [1.165, 1.54) is 37.2 Å². The average Bonchev–Trinajstić information content (AvgIpc) is 3.29. The van der Waals surface area contributed by atoms with Crippen molar-refractivity contribution in [3.05, 3.63) is 77.5 Å². The van der Waals surface area contributed by atoms with Crippen LogP contribution in [0.4, 0.5) is 10.7 Å². The Bertz CT molecular complexity index is 986. The minimum atomic E-state index is 1.22. The van der Waals surface area contributed by atoms with Gasteiger partial charge in [-0.25, -0.2) is 0 Å². The van der Waals surface area contributed by atoms with Gasteiger partial charge in [0.2, 0.25) is 0 Å². The molecule has 0 amide bonds. The second kappa shape index (κ2) is 5.81. The van der Waals surface area contributed by atoms with Gasteiger partial charge in [-0.1, -0.05) is 48.5 Å². The second-order valence-corrected chi connectivity index (χ2v) is 8.26. The zero-order chi connectivity index (χ0) is 15.9. The molecule has 116 valence electrons. The van der Waals surface area contributed by atoms with E-state index in [0.717, 1.165) is 0 Å². The maximum absolute atomic E-state index is 2.36. The highest BCUT2D eigenvalue weighted by molar-refractivity contribution is 8.01. The monoisotopic (exact) mass is 363 g/mol. The highest BCUT2D eigenvalue weighted by atomic mass is 32.2. The SMILES string of the molecule is c1ccc(-c2csc3c2SN(c2ccccc2)c2sccc2-3)cc1. The van der Waals surface area contributed by atoms with Crippen LogP contribution in [0.3, 0.4) is 0 Å². The van der Waals surface area contributed by atoms with Crippen LogP contribution in [0, 0.1) is 0 Å². The number of rotatable bonds is 2. The van der Waals surface area contributed by atoms with Gasteiger partial charge in [-0.05, 0) is 41.1 Å². The Kier molecular flexibility index (Phi) is 3.47. The molecule has 0 radical (unpaired) electrons. The zero-order valence-corrected chi connectivity index (χ0v) is 15.1. The third-order valence-corrected chi connectivity index (χ3v) is 7.42. The molecule has 1 aliphatic rings. The second-order valence-electron chi connectivity index (χ2n) is 5.53. The van der Waals surface area contributed by atoms with Crippen LogP contribution < -0.4 is 4.31 Å². The van der Waals surface area contributed by atoms with E-state index in [1.807, 2.05) is 34.6 Å². The summed E-state index contributed by atoms with van der Waals surface area (Å²) in [4.78, 5) is 2.75. The first-order chi connectivity index (χ1) is 11.9. The van der Waals surface area contributed by atoms with Gasteiger partial charge in [0.15, 0.2) is 0 Å². The first kappa shape index (κ1) is 14.3. The van der Waals surface area contributed by atoms with Crippen molar-refractivity contribution in [1.29, 1.82) is 0 Å². The number of hydrogen-bond donors (Lipinski definition) is 0. The van der Waals surface area contributed by atoms with E-state index < -0.39 is 0 Å². The van der Waals surface area contributed by atoms with Gasteiger partial charge in [-0.15, -0.1) is 22.7 Å². The largest absolute Gasteiger partial charge is 0.270 e. The molecule has 0 unspecified atom stereocenters. The van der Waals surface area contributed by atoms with Crippen LogP contribution in [0.1, 0.15) is 0 Å². The first-order valence-electron chi connectivity index (χ1n) is 7.70. The smallest absolute Gasteiger partial charge is 0.115 e. The third-order valence-electron chi connectivity index (χ3n) is 4.08. The van der Waals surface area contributed by atoms with Crippen molar-refractivity contribution in [1.82, 2.24) is 0 Å². The molecule has 24 heavy (non-hydrogen) atoms. The quantitative estimate of drug-likeness (QED) is 0.344. The van der Waals surface area contributed by atoms with Gasteiger partial charge in [0, 0.05) is 16.5 Å². The number of hydrogen-bond acceptors (Lipinski definition) is 4. The van der Waals surface area contributed by atoms with Crippen molar-refractivity contribution in [2.45, 2.75) is 4.90 Å². The first-order valence-corrected chi connectivity index (χ1v) is 10.2. The third kappa shape index (κ3) is 2.22. The number of benzene rings is 2. The van der Waals surface area contributed by atoms with Gasteiger partial charge in [0.05, 0.1) is 15.5 Å². The number of thiophene rings is 2. The van der Waals surface area contributed by atoms with E-state index >= 15 is 0 Å². The molecule has 4 heteroatoms. The van der Waals surface area contributed by atoms with Crippen molar-refractivity contribution in [3.8, 4) is 21.6 Å². The molecule has 2 aromatic carbocycles. The molecule has 0 saturated carbocycles. The van der Waals surface area contributed by atoms with Crippen LogP contribution in [-0.2, 0) is 0 Å². The molecular formula is C20H13NS3. The van der Waals surface area contributed by atoms with Crippen LogP contribution in [0.15, 0.2) is 82.4 Å². The number of para-hydroxylation sites is 1. The molecule has 0 N–H and O–H groups in total. The van der Waals surface area contributed by atoms with Crippen molar-refractivity contribution in [2.24, 2.45) is 0 Å². The standard InChI is InChI=1S/C20H13NS3/c1-3-7-14(8-4-1)17-13-23-18-16-11-12-22-20(16)21(24-19(17)18)15-9-5-2-6-10-15/h1-13H. The van der Waals surface area contributed by atoms with Gasteiger partial charge < -0.3 is 0 Å². The maximum atomic E-state index is 2.36. The van der Waals surface area contributed by atoms with Crippen LogP contribution in [0.5, 0.6) is 0 Å². The van der Waals surface area contributed by atoms with Crippen LogP contribution in [0.25, 0.3) is 21.6 Å². The lowest BCUT2D eigenvalue weighted by molar-refractivity contribution is 1.42. The fraction of sp³-hybridized carbons (Fsp3) is 0. The Labute approximate surface area is 153 Å². The van der Waals surface area contributed by atoms with E-state index in [0.29, 0.717) is 0 Å². The van der Waals surface area contributed by atoms with Crippen LogP contribution in [-0.4, -0.2) is 0 Å². The molecule has 0 aliphatic carbocycles. The summed E-state index contributed by atoms with van der Waals surface area (Å²) in [7, 11) is 0. The molecule has 0 atom stereocenters. The lowest BCUT2D eigenvalue weighted by Gasteiger charge is -2.27. The summed E-state index contributed by atoms with van der Waals surface area (Å²) >= 11 is 5.50. The van der Waals surface area contributed by atoms with Crippen LogP contribution in [0.2, 0.25) is 0 Å². The fourth-order valence-corrected chi connectivity index (χ4v) is 6.46. The van der Waals surface area contributed by atoms with Crippen molar-refractivity contribution in [2.75, 3.05) is 4.31 Å². The topological polar surface area (TPSA) is 3.24 Å². The van der Waals surface area contributed by atoms with Gasteiger partial charge in [0.1, 0.15) is 5.00 Å². The normalized spacial score (nSPS) is 12.8. The Morgan fingerprint density at radius 3 is 2.25 bits per heavy atom. The molecule has 1 aliphatic heterocycles. The fourth-order valence-electron chi connectivity index (χ4n) is 2.94. The van der Waals surface area contributed by atoms with Crippen molar-refractivity contribution >= 4 is 45.3 Å². The summed E-state index contributed by atoms with van der Waals surface area (Å²) in [5, 5.41) is 5.81. The molecule has 1 nitrogen and oxygen atoms in total. The lowest BCUT2D eigenvalue weighted by Crippen LogP contribution is -2.09. The number of anilines is 2. The summed E-state index contributed by atoms with van der Waals surface area (Å²) in [6, 6.07) is 23.6. The van der Waals surface area contributed by atoms with Crippen molar-refractivity contribution in [3.63, 3.8) is 0 Å². The van der Waals surface area contributed by atoms with E-state index in [-0.39, 0.29) is 0 Å². The minimum Gasteiger partial charge on any atom is -0.270 e. The van der Waals surface area contributed by atoms with Gasteiger partial charge in [-0.3, -0.25) is 4.31 Å². The maximum Gasteiger partial charge on any atom is 0.115 e. The summed E-state index contributed by atoms with van der Waals surface area (Å²) < 4.78 is 2.36. The number of nitrogens with zero attached hydrogens (tertiary/aromatic N) is 1. The molecule has 2 aromatic heterocycles. The predicted octanol–water partition coefficient (Wildman–Crippen LogP) is 7.30. The van der Waals surface area contributed by atoms with Gasteiger partial charge >= 0.3 is 0 Å². The lowest BCUT2D eigenvalue weighted by atomic mass is 10.1. The molecule has 4 aromatic rings. The van der Waals surface area contributed by atoms with Gasteiger partial charge in [-0.2, -0.15) is 0 Å².